The number of piperidine rings is 2. The van der Waals surface area contributed by atoms with Gasteiger partial charge >= 0.3 is 11.9 Å². The number of fused-ring (bicyclic) bond motifs is 2. The predicted molar refractivity (Wildman–Crippen MR) is 200 cm³/mol. The van der Waals surface area contributed by atoms with E-state index in [1.54, 1.807) is 24.3 Å². The van der Waals surface area contributed by atoms with Crippen molar-refractivity contribution in [1.29, 1.82) is 0 Å². The zero-order valence-corrected chi connectivity index (χ0v) is 32.7. The molecule has 12 nitrogen and oxygen atoms in total. The Morgan fingerprint density at radius 1 is 1.08 bits per heavy atom. The zero-order chi connectivity index (χ0) is 38.3. The second kappa shape index (κ2) is 17.8. The largest absolute Gasteiger partial charge is 0.481 e. The molecule has 52 heavy (non-hydrogen) atoms. The average Bonchev–Trinajstić information content (AvgIpc) is 3.58. The van der Waals surface area contributed by atoms with Crippen LogP contribution in [0.5, 0.6) is 0 Å². The second-order valence-corrected chi connectivity index (χ2v) is 16.2. The van der Waals surface area contributed by atoms with Crippen molar-refractivity contribution in [3.63, 3.8) is 0 Å². The van der Waals surface area contributed by atoms with Gasteiger partial charge in [-0.25, -0.2) is 4.98 Å². The summed E-state index contributed by atoms with van der Waals surface area (Å²) in [4.78, 5) is 73.9. The van der Waals surface area contributed by atoms with Crippen molar-refractivity contribution in [3.05, 3.63) is 52.0 Å². The Morgan fingerprint density at radius 2 is 1.75 bits per heavy atom. The molecule has 6 atom stereocenters. The van der Waals surface area contributed by atoms with Crippen LogP contribution in [0.2, 0.25) is 0 Å². The number of aliphatic carboxylic acids is 1. The molecule has 3 aliphatic rings. The molecular formula is C39H57N5O7S. The van der Waals surface area contributed by atoms with Gasteiger partial charge in [0.15, 0.2) is 6.10 Å². The maximum absolute atomic E-state index is 14.3. The average molecular weight is 740 g/mol. The number of nitrogens with one attached hydrogen (secondary N) is 2. The van der Waals surface area contributed by atoms with E-state index in [1.165, 1.54) is 18.3 Å². The van der Waals surface area contributed by atoms with E-state index in [-0.39, 0.29) is 42.2 Å². The Labute approximate surface area is 312 Å². The smallest absolute Gasteiger partial charge is 0.306 e. The molecule has 2 aliphatic heterocycles. The lowest BCUT2D eigenvalue weighted by Crippen LogP contribution is -2.70. The normalized spacial score (nSPS) is 21.8. The van der Waals surface area contributed by atoms with Crippen LogP contribution in [0, 0.1) is 23.7 Å². The molecule has 1 aliphatic carbocycles. The van der Waals surface area contributed by atoms with E-state index < -0.39 is 53.5 Å². The van der Waals surface area contributed by atoms with Gasteiger partial charge < -0.3 is 25.4 Å². The van der Waals surface area contributed by atoms with Crippen LogP contribution in [0.25, 0.3) is 0 Å². The van der Waals surface area contributed by atoms with Crippen molar-refractivity contribution in [3.8, 4) is 0 Å². The third-order valence-electron chi connectivity index (χ3n) is 11.2. The van der Waals surface area contributed by atoms with E-state index in [1.807, 2.05) is 65.1 Å². The quantitative estimate of drug-likeness (QED) is 0.177. The van der Waals surface area contributed by atoms with E-state index in [2.05, 4.69) is 20.5 Å². The number of esters is 1. The molecule has 3 fully saturated rings. The number of nitrogens with zero attached hydrogens (tertiary/aromatic N) is 3. The van der Waals surface area contributed by atoms with Crippen molar-refractivity contribution in [2.24, 2.45) is 23.7 Å². The molecule has 3 amide bonds. The van der Waals surface area contributed by atoms with E-state index in [4.69, 9.17) is 4.74 Å². The van der Waals surface area contributed by atoms with Crippen molar-refractivity contribution in [2.75, 3.05) is 20.6 Å². The van der Waals surface area contributed by atoms with Gasteiger partial charge in [-0.3, -0.25) is 28.9 Å². The molecule has 0 spiro atoms. The summed E-state index contributed by atoms with van der Waals surface area (Å²) in [6.45, 7) is 11.8. The summed E-state index contributed by atoms with van der Waals surface area (Å²) in [6, 6.07) is 7.97. The predicted octanol–water partition coefficient (Wildman–Crippen LogP) is 5.09. The maximum atomic E-state index is 14.3. The number of carboxylic acids is 1. The molecule has 3 heterocycles. The third-order valence-corrected chi connectivity index (χ3v) is 12.1. The molecule has 5 rings (SSSR count). The van der Waals surface area contributed by atoms with Crippen molar-refractivity contribution < 1.29 is 33.8 Å². The first-order valence-corrected chi connectivity index (χ1v) is 19.4. The highest BCUT2D eigenvalue weighted by molar-refractivity contribution is 7.09. The summed E-state index contributed by atoms with van der Waals surface area (Å²) in [7, 11) is 3.72. The lowest BCUT2D eigenvalue weighted by Gasteiger charge is -2.57. The minimum absolute atomic E-state index is 0.0477. The number of carbonyl (C=O) groups is 5. The highest BCUT2D eigenvalue weighted by atomic mass is 32.1. The summed E-state index contributed by atoms with van der Waals surface area (Å²) in [5.74, 6) is -2.48. The molecule has 1 aromatic heterocycles. The van der Waals surface area contributed by atoms with Crippen LogP contribution in [-0.4, -0.2) is 93.9 Å². The lowest BCUT2D eigenvalue weighted by atomic mass is 9.62. The van der Waals surface area contributed by atoms with Crippen LogP contribution in [0.4, 0.5) is 0 Å². The Bertz CT molecular complexity index is 1560. The van der Waals surface area contributed by atoms with Gasteiger partial charge in [0.2, 0.25) is 11.8 Å². The third kappa shape index (κ3) is 9.77. The SMILES string of the molecule is CC[C@H](C)[C@H](NC(=O)C12CC(CCN1C)C2)C(=O)N(C)[C@H](C[C@@H](OC(C)=O)c1nc(C(=O)N[C@@H](Cc2ccccc2)C[C@H](C)C(=O)O)cs1)C(C)C. The van der Waals surface area contributed by atoms with Gasteiger partial charge in [-0.05, 0) is 69.0 Å². The number of carboxylic acid groups (broad SMARTS) is 1. The number of hydrogen-bond acceptors (Lipinski definition) is 9. The van der Waals surface area contributed by atoms with Crippen LogP contribution in [0.15, 0.2) is 35.7 Å². The molecule has 0 unspecified atom stereocenters. The van der Waals surface area contributed by atoms with Crippen LogP contribution in [0.3, 0.4) is 0 Å². The summed E-state index contributed by atoms with van der Waals surface area (Å²) >= 11 is 1.19. The zero-order valence-electron chi connectivity index (χ0n) is 31.9. The van der Waals surface area contributed by atoms with Crippen LogP contribution in [-0.2, 0) is 30.3 Å². The number of amides is 3. The number of likely N-dealkylation sites (N-methyl/N-ethyl adjacent to an activating group) is 2. The Hall–Kier alpha value is -3.84. The number of carbonyl (C=O) groups excluding carboxylic acids is 4. The van der Waals surface area contributed by atoms with Gasteiger partial charge in [-0.15, -0.1) is 11.3 Å². The molecule has 13 heteroatoms. The van der Waals surface area contributed by atoms with Gasteiger partial charge in [-0.1, -0.05) is 71.4 Å². The van der Waals surface area contributed by atoms with Gasteiger partial charge in [0, 0.05) is 37.9 Å². The summed E-state index contributed by atoms with van der Waals surface area (Å²) in [5, 5.41) is 17.7. The van der Waals surface area contributed by atoms with Gasteiger partial charge in [0.25, 0.3) is 5.91 Å². The van der Waals surface area contributed by atoms with Crippen LogP contribution >= 0.6 is 11.3 Å². The number of aromatic nitrogens is 1. The van der Waals surface area contributed by atoms with Gasteiger partial charge in [0.05, 0.1) is 5.92 Å². The monoisotopic (exact) mass is 739 g/mol. The van der Waals surface area contributed by atoms with Crippen LogP contribution in [0.1, 0.15) is 107 Å². The fraction of sp³-hybridized carbons (Fsp3) is 0.641. The molecule has 3 N–H and O–H groups in total. The van der Waals surface area contributed by atoms with Gasteiger partial charge in [-0.2, -0.15) is 0 Å². The highest BCUT2D eigenvalue weighted by Gasteiger charge is 2.56. The van der Waals surface area contributed by atoms with E-state index >= 15 is 0 Å². The molecule has 286 valence electrons. The van der Waals surface area contributed by atoms with Crippen molar-refractivity contribution in [1.82, 2.24) is 25.4 Å². The van der Waals surface area contributed by atoms with Crippen LogP contribution < -0.4 is 10.6 Å². The number of rotatable bonds is 18. The van der Waals surface area contributed by atoms with Crippen molar-refractivity contribution >= 4 is 41.0 Å². The fourth-order valence-electron chi connectivity index (χ4n) is 7.62. The van der Waals surface area contributed by atoms with E-state index in [9.17, 15) is 29.1 Å². The minimum atomic E-state index is -0.943. The standard InChI is InChI=1S/C39H57N5O7S/c1-9-24(4)33(42-38(50)39-20-28(21-39)15-16-43(39)7)36(47)44(8)31(23(2)3)19-32(51-26(6)45)35-41-30(22-52-35)34(46)40-29(17-25(5)37(48)49)18-27-13-11-10-12-14-27/h10-14,22-25,28-29,31-33H,9,15-21H2,1-8H3,(H,40,46)(H,42,50)(H,48,49)/t24-,25-,28?,29+,31+,32+,33-,39?/m0/s1. The number of benzene rings is 1. The number of hydrogen-bond donors (Lipinski definition) is 3. The minimum Gasteiger partial charge on any atom is -0.481 e. The molecule has 0 radical (unpaired) electrons. The summed E-state index contributed by atoms with van der Waals surface area (Å²) < 4.78 is 5.78. The second-order valence-electron chi connectivity index (χ2n) is 15.4. The summed E-state index contributed by atoms with van der Waals surface area (Å²) in [6.07, 6.45) is 3.49. The molecule has 2 saturated heterocycles. The fourth-order valence-corrected chi connectivity index (χ4v) is 8.46. The lowest BCUT2D eigenvalue weighted by molar-refractivity contribution is -0.155. The number of ether oxygens (including phenoxy) is 1. The molecule has 1 saturated carbocycles. The topological polar surface area (TPSA) is 158 Å². The van der Waals surface area contributed by atoms with Crippen molar-refractivity contribution in [2.45, 2.75) is 116 Å². The molecule has 2 bridgehead atoms. The Kier molecular flexibility index (Phi) is 14.0. The van der Waals surface area contributed by atoms with Gasteiger partial charge in [0.1, 0.15) is 22.3 Å². The Morgan fingerprint density at radius 3 is 2.33 bits per heavy atom. The first kappa shape index (κ1) is 40.9. The number of thiazole rings is 1. The molecular weight excluding hydrogens is 683 g/mol. The summed E-state index contributed by atoms with van der Waals surface area (Å²) in [5.41, 5.74) is 0.537. The maximum Gasteiger partial charge on any atom is 0.306 e. The highest BCUT2D eigenvalue weighted by Crippen LogP contribution is 2.48. The van der Waals surface area contributed by atoms with E-state index in [0.29, 0.717) is 23.8 Å². The first-order valence-electron chi connectivity index (χ1n) is 18.5. The molecule has 2 aromatic rings. The Balaban J connectivity index is 1.51. The van der Waals surface area contributed by atoms with E-state index in [0.717, 1.165) is 31.4 Å². The molecule has 1 aromatic carbocycles. The first-order chi connectivity index (χ1) is 24.6.